The lowest BCUT2D eigenvalue weighted by atomic mass is 10.2. The maximum Gasteiger partial charge on any atom is 0.258 e. The average molecular weight is 363 g/mol. The number of amides is 1. The van der Waals surface area contributed by atoms with Crippen LogP contribution in [0.2, 0.25) is 10.0 Å². The molecule has 0 aliphatic heterocycles. The first-order valence-electron chi connectivity index (χ1n) is 7.52. The summed E-state index contributed by atoms with van der Waals surface area (Å²) in [6.07, 6.45) is 2.01. The van der Waals surface area contributed by atoms with E-state index in [0.717, 1.165) is 5.52 Å². The molecule has 1 N–H and O–H groups in total. The van der Waals surface area contributed by atoms with E-state index < -0.39 is 0 Å². The Morgan fingerprint density at radius 3 is 2.79 bits per heavy atom. The van der Waals surface area contributed by atoms with E-state index in [9.17, 15) is 4.79 Å². The van der Waals surface area contributed by atoms with Gasteiger partial charge in [-0.3, -0.25) is 4.79 Å². The van der Waals surface area contributed by atoms with Gasteiger partial charge in [0, 0.05) is 29.8 Å². The smallest absolute Gasteiger partial charge is 0.258 e. The summed E-state index contributed by atoms with van der Waals surface area (Å²) in [5.74, 6) is 0.241. The van der Waals surface area contributed by atoms with E-state index in [2.05, 4.69) is 28.1 Å². The molecule has 0 radical (unpaired) electrons. The van der Waals surface area contributed by atoms with Crippen molar-refractivity contribution in [1.82, 2.24) is 9.88 Å². The number of fused-ring (bicyclic) bond motifs is 1. The van der Waals surface area contributed by atoms with E-state index in [1.165, 1.54) is 5.39 Å². The van der Waals surface area contributed by atoms with Crippen molar-refractivity contribution in [1.29, 1.82) is 0 Å². The topological polar surface area (TPSA) is 43.3 Å². The predicted molar refractivity (Wildman–Crippen MR) is 96.9 cm³/mol. The van der Waals surface area contributed by atoms with Gasteiger partial charge in [-0.05, 0) is 35.7 Å². The maximum atomic E-state index is 11.9. The standard InChI is InChI=1S/C18H16Cl2N2O2/c19-14-5-6-17(15(20)11-14)24-12-18(23)21-8-10-22-9-7-13-3-1-2-4-16(13)22/h1-7,9,11H,8,10,12H2,(H,21,23). The molecule has 0 atom stereocenters. The number of rotatable bonds is 6. The van der Waals surface area contributed by atoms with Gasteiger partial charge in [-0.15, -0.1) is 0 Å². The molecule has 0 bridgehead atoms. The molecular weight excluding hydrogens is 347 g/mol. The number of halogens is 2. The third-order valence-corrected chi connectivity index (χ3v) is 4.14. The third-order valence-electron chi connectivity index (χ3n) is 3.61. The molecule has 0 aliphatic rings. The Bertz CT molecular complexity index is 861. The number of hydrogen-bond donors (Lipinski definition) is 1. The lowest BCUT2D eigenvalue weighted by Crippen LogP contribution is -2.31. The number of nitrogens with zero attached hydrogens (tertiary/aromatic N) is 1. The monoisotopic (exact) mass is 362 g/mol. The van der Waals surface area contributed by atoms with Crippen LogP contribution in [-0.4, -0.2) is 23.6 Å². The van der Waals surface area contributed by atoms with Crippen LogP contribution in [0.4, 0.5) is 0 Å². The molecule has 3 rings (SSSR count). The van der Waals surface area contributed by atoms with Gasteiger partial charge >= 0.3 is 0 Å². The Morgan fingerprint density at radius 1 is 1.12 bits per heavy atom. The SMILES string of the molecule is O=C(COc1ccc(Cl)cc1Cl)NCCn1ccc2ccccc21. The molecule has 0 unspecified atom stereocenters. The Morgan fingerprint density at radius 2 is 1.96 bits per heavy atom. The van der Waals surface area contributed by atoms with Crippen LogP contribution >= 0.6 is 23.2 Å². The highest BCUT2D eigenvalue weighted by Crippen LogP contribution is 2.27. The Hall–Kier alpha value is -2.17. The fourth-order valence-corrected chi connectivity index (χ4v) is 2.90. The normalized spacial score (nSPS) is 10.8. The van der Waals surface area contributed by atoms with Crippen molar-refractivity contribution in [2.24, 2.45) is 0 Å². The van der Waals surface area contributed by atoms with Crippen molar-refractivity contribution < 1.29 is 9.53 Å². The van der Waals surface area contributed by atoms with Crippen molar-refractivity contribution in [2.45, 2.75) is 6.54 Å². The molecule has 0 fully saturated rings. The van der Waals surface area contributed by atoms with Crippen LogP contribution in [0.15, 0.2) is 54.7 Å². The molecule has 2 aromatic carbocycles. The zero-order valence-electron chi connectivity index (χ0n) is 12.8. The van der Waals surface area contributed by atoms with E-state index in [4.69, 9.17) is 27.9 Å². The number of ether oxygens (including phenoxy) is 1. The van der Waals surface area contributed by atoms with Crippen LogP contribution in [0.5, 0.6) is 5.75 Å². The lowest BCUT2D eigenvalue weighted by Gasteiger charge is -2.10. The molecule has 0 saturated heterocycles. The Labute approximate surface area is 149 Å². The van der Waals surface area contributed by atoms with Crippen LogP contribution in [0.1, 0.15) is 0 Å². The van der Waals surface area contributed by atoms with Gasteiger partial charge in [0.25, 0.3) is 5.91 Å². The number of aromatic nitrogens is 1. The molecule has 124 valence electrons. The van der Waals surface area contributed by atoms with Gasteiger partial charge in [-0.2, -0.15) is 0 Å². The summed E-state index contributed by atoms with van der Waals surface area (Å²) in [6.45, 7) is 1.13. The zero-order chi connectivity index (χ0) is 16.9. The number of benzene rings is 2. The summed E-state index contributed by atoms with van der Waals surface area (Å²) >= 11 is 11.8. The summed E-state index contributed by atoms with van der Waals surface area (Å²) in [5.41, 5.74) is 1.15. The molecule has 1 heterocycles. The predicted octanol–water partition coefficient (Wildman–Crippen LogP) is 4.14. The maximum absolute atomic E-state index is 11.9. The van der Waals surface area contributed by atoms with Crippen molar-refractivity contribution >= 4 is 40.0 Å². The first kappa shape index (κ1) is 16.7. The minimum atomic E-state index is -0.197. The first-order valence-corrected chi connectivity index (χ1v) is 8.27. The first-order chi connectivity index (χ1) is 11.6. The van der Waals surface area contributed by atoms with Crippen LogP contribution < -0.4 is 10.1 Å². The van der Waals surface area contributed by atoms with Crippen molar-refractivity contribution in [3.8, 4) is 5.75 Å². The van der Waals surface area contributed by atoms with E-state index in [1.54, 1.807) is 18.2 Å². The third kappa shape index (κ3) is 4.02. The summed E-state index contributed by atoms with van der Waals surface area (Å²) in [7, 11) is 0. The second-order valence-electron chi connectivity index (χ2n) is 5.28. The fraction of sp³-hybridized carbons (Fsp3) is 0.167. The number of nitrogens with one attached hydrogen (secondary N) is 1. The minimum Gasteiger partial charge on any atom is -0.482 e. The summed E-state index contributed by atoms with van der Waals surface area (Å²) in [5, 5.41) is 4.92. The van der Waals surface area contributed by atoms with Crippen LogP contribution in [0.25, 0.3) is 10.9 Å². The number of hydrogen-bond acceptors (Lipinski definition) is 2. The molecule has 4 nitrogen and oxygen atoms in total. The molecule has 1 aromatic heterocycles. The fourth-order valence-electron chi connectivity index (χ4n) is 2.44. The van der Waals surface area contributed by atoms with Crippen LogP contribution in [-0.2, 0) is 11.3 Å². The molecule has 0 aliphatic carbocycles. The highest BCUT2D eigenvalue weighted by molar-refractivity contribution is 6.35. The summed E-state index contributed by atoms with van der Waals surface area (Å²) < 4.78 is 7.51. The lowest BCUT2D eigenvalue weighted by molar-refractivity contribution is -0.123. The highest BCUT2D eigenvalue weighted by atomic mass is 35.5. The van der Waals surface area contributed by atoms with Gasteiger partial charge in [-0.1, -0.05) is 41.4 Å². The molecule has 6 heteroatoms. The van der Waals surface area contributed by atoms with Gasteiger partial charge in [0.2, 0.25) is 0 Å². The Kier molecular flexibility index (Phi) is 5.28. The van der Waals surface area contributed by atoms with E-state index in [-0.39, 0.29) is 12.5 Å². The van der Waals surface area contributed by atoms with Crippen molar-refractivity contribution in [3.63, 3.8) is 0 Å². The van der Waals surface area contributed by atoms with E-state index in [0.29, 0.717) is 28.9 Å². The molecule has 0 saturated carbocycles. The minimum absolute atomic E-state index is 0.0895. The second-order valence-corrected chi connectivity index (χ2v) is 6.12. The van der Waals surface area contributed by atoms with Gasteiger partial charge < -0.3 is 14.6 Å². The number of para-hydroxylation sites is 1. The van der Waals surface area contributed by atoms with Crippen LogP contribution in [0, 0.1) is 0 Å². The quantitative estimate of drug-likeness (QED) is 0.715. The molecular formula is C18H16Cl2N2O2. The average Bonchev–Trinajstić information content (AvgIpc) is 2.97. The van der Waals surface area contributed by atoms with Gasteiger partial charge in [0.15, 0.2) is 6.61 Å². The Balaban J connectivity index is 1.47. The summed E-state index contributed by atoms with van der Waals surface area (Å²) in [6, 6.07) is 15.1. The van der Waals surface area contributed by atoms with Crippen LogP contribution in [0.3, 0.4) is 0 Å². The van der Waals surface area contributed by atoms with E-state index >= 15 is 0 Å². The van der Waals surface area contributed by atoms with Gasteiger partial charge in [0.05, 0.1) is 5.02 Å². The van der Waals surface area contributed by atoms with Crippen molar-refractivity contribution in [3.05, 3.63) is 64.8 Å². The number of carbonyl (C=O) groups is 1. The largest absolute Gasteiger partial charge is 0.482 e. The highest BCUT2D eigenvalue weighted by Gasteiger charge is 2.06. The van der Waals surface area contributed by atoms with E-state index in [1.807, 2.05) is 18.3 Å². The molecule has 1 amide bonds. The van der Waals surface area contributed by atoms with Crippen molar-refractivity contribution in [2.75, 3.05) is 13.2 Å². The zero-order valence-corrected chi connectivity index (χ0v) is 14.3. The van der Waals surface area contributed by atoms with Gasteiger partial charge in [0.1, 0.15) is 5.75 Å². The molecule has 24 heavy (non-hydrogen) atoms. The second kappa shape index (κ2) is 7.60. The molecule has 0 spiro atoms. The number of carbonyl (C=O) groups excluding carboxylic acids is 1. The van der Waals surface area contributed by atoms with Gasteiger partial charge in [-0.25, -0.2) is 0 Å². The molecule has 3 aromatic rings. The summed E-state index contributed by atoms with van der Waals surface area (Å²) in [4.78, 5) is 11.9.